The highest BCUT2D eigenvalue weighted by Crippen LogP contribution is 2.27. The molecule has 0 aromatic carbocycles. The number of carbonyl (C=O) groups is 1. The zero-order chi connectivity index (χ0) is 15.0. The fraction of sp³-hybridized carbons (Fsp3) is 0.538. The van der Waals surface area contributed by atoms with E-state index in [4.69, 9.17) is 4.74 Å². The van der Waals surface area contributed by atoms with Gasteiger partial charge < -0.3 is 14.9 Å². The van der Waals surface area contributed by atoms with E-state index in [2.05, 4.69) is 15.0 Å². The molecule has 0 bridgehead atoms. The minimum absolute atomic E-state index is 0.173. The molecule has 1 saturated heterocycles. The van der Waals surface area contributed by atoms with Gasteiger partial charge in [0.1, 0.15) is 30.3 Å². The minimum atomic E-state index is -1.30. The molecular weight excluding hydrogens is 276 g/mol. The highest BCUT2D eigenvalue weighted by Gasteiger charge is 2.34. The van der Waals surface area contributed by atoms with E-state index < -0.39 is 25.0 Å². The first-order chi connectivity index (χ1) is 10.1. The topological polar surface area (TPSA) is 110 Å². The second-order valence-corrected chi connectivity index (χ2v) is 5.04. The molecule has 3 atom stereocenters. The Kier molecular flexibility index (Phi) is 3.66. The number of ketones is 1. The number of Topliss-reactive ketones (excluding diaryl/α,β-unsaturated/α-hetero) is 1. The lowest BCUT2D eigenvalue weighted by Crippen LogP contribution is -2.37. The fourth-order valence-electron chi connectivity index (χ4n) is 2.49. The van der Waals surface area contributed by atoms with Crippen LogP contribution in [0.2, 0.25) is 0 Å². The molecule has 2 N–H and O–H groups in total. The molecule has 2 aromatic rings. The molecule has 1 aliphatic rings. The molecule has 0 aliphatic carbocycles. The van der Waals surface area contributed by atoms with Gasteiger partial charge in [0.15, 0.2) is 11.4 Å². The number of aromatic nitrogens is 4. The predicted molar refractivity (Wildman–Crippen MR) is 71.3 cm³/mol. The number of hydrogen-bond donors (Lipinski definition) is 2. The molecule has 0 radical (unpaired) electrons. The number of hydrogen-bond acceptors (Lipinski definition) is 7. The molecule has 0 spiro atoms. The molecule has 0 amide bonds. The van der Waals surface area contributed by atoms with Crippen molar-refractivity contribution >= 4 is 16.9 Å². The van der Waals surface area contributed by atoms with Crippen molar-refractivity contribution in [1.82, 2.24) is 19.5 Å². The molecule has 112 valence electrons. The number of carbonyl (C=O) groups excluding carboxylic acids is 1. The number of rotatable bonds is 2. The summed E-state index contributed by atoms with van der Waals surface area (Å²) >= 11 is 0. The summed E-state index contributed by atoms with van der Waals surface area (Å²) in [5.74, 6) is -0.327. The maximum atomic E-state index is 11.7. The summed E-state index contributed by atoms with van der Waals surface area (Å²) in [5.41, 5.74) is 2.02. The molecule has 21 heavy (non-hydrogen) atoms. The smallest absolute Gasteiger partial charge is 0.165 e. The maximum absolute atomic E-state index is 11.7. The largest absolute Gasteiger partial charge is 0.394 e. The zero-order valence-electron chi connectivity index (χ0n) is 11.5. The van der Waals surface area contributed by atoms with E-state index in [0.717, 1.165) is 5.69 Å². The third-order valence-electron chi connectivity index (χ3n) is 3.68. The Hall–Kier alpha value is -1.90. The van der Waals surface area contributed by atoms with Crippen molar-refractivity contribution in [3.63, 3.8) is 0 Å². The lowest BCUT2D eigenvalue weighted by atomic mass is 10.1. The third-order valence-corrected chi connectivity index (χ3v) is 3.68. The number of aliphatic hydroxyl groups excluding tert-OH is 2. The van der Waals surface area contributed by atoms with Crippen LogP contribution in [0.3, 0.4) is 0 Å². The van der Waals surface area contributed by atoms with Crippen LogP contribution in [0.1, 0.15) is 24.8 Å². The highest BCUT2D eigenvalue weighted by atomic mass is 16.5. The van der Waals surface area contributed by atoms with E-state index in [1.54, 1.807) is 10.9 Å². The van der Waals surface area contributed by atoms with Gasteiger partial charge in [-0.1, -0.05) is 0 Å². The summed E-state index contributed by atoms with van der Waals surface area (Å²) in [5, 5.41) is 19.1. The molecule has 1 fully saturated rings. The lowest BCUT2D eigenvalue weighted by molar-refractivity contribution is -0.140. The van der Waals surface area contributed by atoms with E-state index in [-0.39, 0.29) is 12.2 Å². The van der Waals surface area contributed by atoms with Crippen LogP contribution in [0.15, 0.2) is 12.7 Å². The van der Waals surface area contributed by atoms with Gasteiger partial charge >= 0.3 is 0 Å². The maximum Gasteiger partial charge on any atom is 0.165 e. The van der Waals surface area contributed by atoms with Gasteiger partial charge in [0.2, 0.25) is 0 Å². The molecule has 2 aromatic heterocycles. The average molecular weight is 292 g/mol. The van der Waals surface area contributed by atoms with Crippen molar-refractivity contribution in [3.05, 3.63) is 18.3 Å². The van der Waals surface area contributed by atoms with Gasteiger partial charge in [0.05, 0.1) is 18.6 Å². The Balaban J connectivity index is 1.98. The van der Waals surface area contributed by atoms with Gasteiger partial charge in [-0.25, -0.2) is 15.0 Å². The Morgan fingerprint density at radius 2 is 2.24 bits per heavy atom. The van der Waals surface area contributed by atoms with Gasteiger partial charge in [0.25, 0.3) is 0 Å². The third kappa shape index (κ3) is 2.41. The lowest BCUT2D eigenvalue weighted by Gasteiger charge is -2.23. The van der Waals surface area contributed by atoms with E-state index in [1.807, 2.05) is 6.92 Å². The summed E-state index contributed by atoms with van der Waals surface area (Å²) in [7, 11) is 0. The van der Waals surface area contributed by atoms with Gasteiger partial charge in [-0.05, 0) is 13.3 Å². The number of nitrogens with zero attached hydrogens (tertiary/aromatic N) is 4. The van der Waals surface area contributed by atoms with Crippen molar-refractivity contribution in [1.29, 1.82) is 0 Å². The predicted octanol–water partition coefficient (Wildman–Crippen LogP) is -0.265. The first-order valence-corrected chi connectivity index (χ1v) is 6.73. The van der Waals surface area contributed by atoms with Crippen molar-refractivity contribution in [2.24, 2.45) is 0 Å². The first-order valence-electron chi connectivity index (χ1n) is 6.73. The Morgan fingerprint density at radius 1 is 1.43 bits per heavy atom. The van der Waals surface area contributed by atoms with Crippen molar-refractivity contribution in [2.75, 3.05) is 6.61 Å². The molecule has 3 unspecified atom stereocenters. The molecule has 1 aliphatic heterocycles. The van der Waals surface area contributed by atoms with Gasteiger partial charge in [-0.2, -0.15) is 0 Å². The van der Waals surface area contributed by atoms with Crippen LogP contribution in [0.5, 0.6) is 0 Å². The second-order valence-electron chi connectivity index (χ2n) is 5.04. The van der Waals surface area contributed by atoms with Crippen LogP contribution < -0.4 is 0 Å². The number of imidazole rings is 1. The van der Waals surface area contributed by atoms with Crippen LogP contribution in [-0.2, 0) is 9.53 Å². The summed E-state index contributed by atoms with van der Waals surface area (Å²) in [6, 6.07) is 0. The van der Waals surface area contributed by atoms with E-state index in [9.17, 15) is 15.0 Å². The summed E-state index contributed by atoms with van der Waals surface area (Å²) in [6.07, 6.45) is 0.829. The highest BCUT2D eigenvalue weighted by molar-refractivity contribution is 5.83. The van der Waals surface area contributed by atoms with Crippen LogP contribution in [0.4, 0.5) is 0 Å². The van der Waals surface area contributed by atoms with Gasteiger partial charge in [-0.15, -0.1) is 0 Å². The van der Waals surface area contributed by atoms with Crippen molar-refractivity contribution in [2.45, 2.75) is 38.2 Å². The van der Waals surface area contributed by atoms with Crippen LogP contribution in [0, 0.1) is 6.92 Å². The Morgan fingerprint density at radius 3 is 3.00 bits per heavy atom. The molecule has 3 heterocycles. The summed E-state index contributed by atoms with van der Waals surface area (Å²) in [6.45, 7) is 1.41. The van der Waals surface area contributed by atoms with Gasteiger partial charge in [0, 0.05) is 6.42 Å². The SMILES string of the molecule is Cc1ncnc2c1ncn2C1CCC(=O)C(O)C(CO)O1. The normalized spacial score (nSPS) is 27.0. The molecular formula is C13H16N4O4. The van der Waals surface area contributed by atoms with Crippen LogP contribution >= 0.6 is 0 Å². The van der Waals surface area contributed by atoms with E-state index >= 15 is 0 Å². The fourth-order valence-corrected chi connectivity index (χ4v) is 2.49. The van der Waals surface area contributed by atoms with E-state index in [1.165, 1.54) is 6.33 Å². The first kappa shape index (κ1) is 14.1. The van der Waals surface area contributed by atoms with E-state index in [0.29, 0.717) is 17.6 Å². The van der Waals surface area contributed by atoms with Crippen molar-refractivity contribution < 1.29 is 19.7 Å². The average Bonchev–Trinajstić information content (AvgIpc) is 2.86. The molecule has 0 saturated carbocycles. The second kappa shape index (κ2) is 5.47. The molecule has 8 nitrogen and oxygen atoms in total. The number of aryl methyl sites for hydroxylation is 1. The number of fused-ring (bicyclic) bond motifs is 1. The molecule has 8 heteroatoms. The summed E-state index contributed by atoms with van der Waals surface area (Å²) in [4.78, 5) is 24.3. The van der Waals surface area contributed by atoms with Crippen LogP contribution in [-0.4, -0.2) is 54.3 Å². The van der Waals surface area contributed by atoms with Crippen LogP contribution in [0.25, 0.3) is 11.2 Å². The quantitative estimate of drug-likeness (QED) is 0.784. The minimum Gasteiger partial charge on any atom is -0.394 e. The summed E-state index contributed by atoms with van der Waals surface area (Å²) < 4.78 is 7.38. The monoisotopic (exact) mass is 292 g/mol. The number of ether oxygens (including phenoxy) is 1. The zero-order valence-corrected chi connectivity index (χ0v) is 11.5. The Labute approximate surface area is 120 Å². The van der Waals surface area contributed by atoms with Crippen molar-refractivity contribution in [3.8, 4) is 0 Å². The number of aliphatic hydroxyl groups is 2. The Bertz CT molecular complexity index is 671. The van der Waals surface area contributed by atoms with Gasteiger partial charge in [-0.3, -0.25) is 9.36 Å². The molecule has 3 rings (SSSR count). The standard InChI is InChI=1S/C13H16N4O4/c1-7-11-13(15-5-14-7)17(6-16-11)10-3-2-8(19)12(20)9(4-18)21-10/h5-6,9-10,12,18,20H,2-4H2,1H3.